The smallest absolute Gasteiger partial charge is 0.354 e. The molecule has 1 amide bonds. The summed E-state index contributed by atoms with van der Waals surface area (Å²) in [5.41, 5.74) is 8.16. The first kappa shape index (κ1) is 11.3. The van der Waals surface area contributed by atoms with Crippen molar-refractivity contribution in [2.24, 2.45) is 0 Å². The minimum atomic E-state index is -1.13. The molecule has 96 valence electrons. The number of carboxylic acid groups (broad SMARTS) is 1. The molecule has 1 aliphatic heterocycles. The van der Waals surface area contributed by atoms with Crippen molar-refractivity contribution < 1.29 is 14.7 Å². The van der Waals surface area contributed by atoms with E-state index >= 15 is 0 Å². The first-order valence-electron chi connectivity index (χ1n) is 5.56. The number of rotatable bonds is 2. The van der Waals surface area contributed by atoms with Crippen molar-refractivity contribution in [2.45, 2.75) is 6.42 Å². The molecule has 2 aromatic rings. The summed E-state index contributed by atoms with van der Waals surface area (Å²) in [4.78, 5) is 22.4. The highest BCUT2D eigenvalue weighted by atomic mass is 16.4. The van der Waals surface area contributed by atoms with Crippen molar-refractivity contribution in [3.05, 3.63) is 29.5 Å². The van der Waals surface area contributed by atoms with Gasteiger partial charge in [-0.05, 0) is 23.3 Å². The zero-order valence-electron chi connectivity index (χ0n) is 9.73. The Hall–Kier alpha value is -2.83. The number of aromatic amines is 1. The van der Waals surface area contributed by atoms with Gasteiger partial charge in [-0.3, -0.25) is 9.89 Å². The van der Waals surface area contributed by atoms with E-state index < -0.39 is 5.97 Å². The van der Waals surface area contributed by atoms with E-state index in [1.54, 1.807) is 18.2 Å². The number of hydrogen-bond donors (Lipinski definition) is 4. The number of carboxylic acids is 1. The van der Waals surface area contributed by atoms with Crippen molar-refractivity contribution in [3.63, 3.8) is 0 Å². The van der Waals surface area contributed by atoms with Crippen LogP contribution in [0.5, 0.6) is 0 Å². The highest BCUT2D eigenvalue weighted by Gasteiger charge is 2.22. The van der Waals surface area contributed by atoms with Crippen LogP contribution in [0.15, 0.2) is 18.2 Å². The van der Waals surface area contributed by atoms with Gasteiger partial charge in [-0.1, -0.05) is 6.07 Å². The maximum absolute atomic E-state index is 11.3. The lowest BCUT2D eigenvalue weighted by atomic mass is 10.0. The van der Waals surface area contributed by atoms with Gasteiger partial charge in [-0.15, -0.1) is 0 Å². The highest BCUT2D eigenvalue weighted by Crippen LogP contribution is 2.33. The van der Waals surface area contributed by atoms with E-state index in [4.69, 9.17) is 10.8 Å². The van der Waals surface area contributed by atoms with Gasteiger partial charge in [-0.25, -0.2) is 4.79 Å². The van der Waals surface area contributed by atoms with Gasteiger partial charge in [0.2, 0.25) is 5.91 Å². The van der Waals surface area contributed by atoms with E-state index in [2.05, 4.69) is 15.5 Å². The quantitative estimate of drug-likeness (QED) is 0.636. The Labute approximate surface area is 107 Å². The fourth-order valence-corrected chi connectivity index (χ4v) is 2.19. The lowest BCUT2D eigenvalue weighted by Crippen LogP contribution is -2.03. The van der Waals surface area contributed by atoms with Crippen molar-refractivity contribution in [1.82, 2.24) is 10.2 Å². The first-order chi connectivity index (χ1) is 9.06. The highest BCUT2D eigenvalue weighted by molar-refractivity contribution is 6.01. The van der Waals surface area contributed by atoms with Crippen LogP contribution in [0, 0.1) is 0 Å². The Morgan fingerprint density at radius 1 is 1.42 bits per heavy atom. The Kier molecular flexibility index (Phi) is 2.28. The molecule has 2 heterocycles. The topological polar surface area (TPSA) is 121 Å². The second-order valence-electron chi connectivity index (χ2n) is 4.26. The summed E-state index contributed by atoms with van der Waals surface area (Å²) in [5.74, 6) is -1.09. The van der Waals surface area contributed by atoms with E-state index in [0.29, 0.717) is 11.1 Å². The van der Waals surface area contributed by atoms with Crippen LogP contribution in [0.3, 0.4) is 0 Å². The largest absolute Gasteiger partial charge is 0.477 e. The molecule has 5 N–H and O–H groups in total. The molecule has 0 saturated heterocycles. The summed E-state index contributed by atoms with van der Waals surface area (Å²) < 4.78 is 0. The van der Waals surface area contributed by atoms with Gasteiger partial charge in [-0.2, -0.15) is 5.10 Å². The van der Waals surface area contributed by atoms with Crippen LogP contribution in [0.2, 0.25) is 0 Å². The third kappa shape index (κ3) is 1.71. The van der Waals surface area contributed by atoms with Crippen molar-refractivity contribution in [2.75, 3.05) is 11.1 Å². The monoisotopic (exact) mass is 258 g/mol. The summed E-state index contributed by atoms with van der Waals surface area (Å²) in [6.07, 6.45) is 0.281. The number of fused-ring (bicyclic) bond motifs is 1. The second kappa shape index (κ2) is 3.84. The summed E-state index contributed by atoms with van der Waals surface area (Å²) in [6.45, 7) is 0. The second-order valence-corrected chi connectivity index (χ2v) is 4.26. The number of aromatic carboxylic acids is 1. The van der Waals surface area contributed by atoms with Crippen LogP contribution in [-0.2, 0) is 11.2 Å². The van der Waals surface area contributed by atoms with E-state index in [9.17, 15) is 9.59 Å². The summed E-state index contributed by atoms with van der Waals surface area (Å²) in [6, 6.07) is 5.19. The Balaban J connectivity index is 2.14. The number of nitrogens with zero attached hydrogens (tertiary/aromatic N) is 1. The average Bonchev–Trinajstić information content (AvgIpc) is 2.89. The molecule has 0 bridgehead atoms. The van der Waals surface area contributed by atoms with Gasteiger partial charge in [0.15, 0.2) is 11.5 Å². The van der Waals surface area contributed by atoms with Crippen molar-refractivity contribution in [3.8, 4) is 11.1 Å². The van der Waals surface area contributed by atoms with E-state index in [1.807, 2.05) is 0 Å². The molecule has 19 heavy (non-hydrogen) atoms. The number of aromatic nitrogens is 2. The standard InChI is InChI=1S/C12H10N4O3/c13-11-9(10(12(18)19)15-16-11)5-1-2-7-6(3-5)4-8(17)14-7/h1-3H,4H2,(H,14,17)(H,18,19)(H3,13,15,16). The molecule has 0 radical (unpaired) electrons. The zero-order valence-corrected chi connectivity index (χ0v) is 9.73. The number of hydrogen-bond acceptors (Lipinski definition) is 4. The van der Waals surface area contributed by atoms with Gasteiger partial charge in [0.05, 0.1) is 12.0 Å². The minimum absolute atomic E-state index is 0.0604. The number of nitrogen functional groups attached to an aromatic ring is 1. The van der Waals surface area contributed by atoms with Crippen LogP contribution in [0.1, 0.15) is 16.1 Å². The molecule has 1 aromatic heterocycles. The van der Waals surface area contributed by atoms with E-state index in [-0.39, 0.29) is 23.8 Å². The minimum Gasteiger partial charge on any atom is -0.477 e. The third-order valence-electron chi connectivity index (χ3n) is 3.03. The SMILES string of the molecule is Nc1n[nH]c(C(=O)O)c1-c1ccc2c(c1)CC(=O)N2. The van der Waals surface area contributed by atoms with Crippen LogP contribution >= 0.6 is 0 Å². The summed E-state index contributed by atoms with van der Waals surface area (Å²) >= 11 is 0. The summed E-state index contributed by atoms with van der Waals surface area (Å²) in [5, 5.41) is 17.9. The Bertz CT molecular complexity index is 705. The van der Waals surface area contributed by atoms with Crippen LogP contribution in [-0.4, -0.2) is 27.2 Å². The maximum atomic E-state index is 11.3. The fraction of sp³-hybridized carbons (Fsp3) is 0.0833. The van der Waals surface area contributed by atoms with Crippen LogP contribution in [0.4, 0.5) is 11.5 Å². The molecule has 1 aromatic carbocycles. The molecule has 3 rings (SSSR count). The molecular weight excluding hydrogens is 248 g/mol. The van der Waals surface area contributed by atoms with Gasteiger partial charge < -0.3 is 16.2 Å². The molecule has 0 atom stereocenters. The zero-order chi connectivity index (χ0) is 13.6. The molecule has 0 unspecified atom stereocenters. The predicted molar refractivity (Wildman–Crippen MR) is 67.7 cm³/mol. The molecule has 0 spiro atoms. The lowest BCUT2D eigenvalue weighted by Gasteiger charge is -2.04. The van der Waals surface area contributed by atoms with E-state index in [1.165, 1.54) is 0 Å². The van der Waals surface area contributed by atoms with Crippen LogP contribution < -0.4 is 11.1 Å². The molecule has 7 heteroatoms. The van der Waals surface area contributed by atoms with Gasteiger partial charge >= 0.3 is 5.97 Å². The number of H-pyrrole nitrogens is 1. The average molecular weight is 258 g/mol. The number of amides is 1. The molecule has 0 saturated carbocycles. The molecule has 7 nitrogen and oxygen atoms in total. The van der Waals surface area contributed by atoms with Gasteiger partial charge in [0.25, 0.3) is 0 Å². The predicted octanol–water partition coefficient (Wildman–Crippen LogP) is 0.852. The fourth-order valence-electron chi connectivity index (χ4n) is 2.19. The molecule has 1 aliphatic rings. The molecule has 0 aliphatic carbocycles. The summed E-state index contributed by atoms with van der Waals surface area (Å²) in [7, 11) is 0. The molecule has 0 fully saturated rings. The number of anilines is 2. The van der Waals surface area contributed by atoms with Gasteiger partial charge in [0, 0.05) is 5.69 Å². The number of nitrogens with one attached hydrogen (secondary N) is 2. The first-order valence-corrected chi connectivity index (χ1v) is 5.56. The number of carbonyl (C=O) groups is 2. The Morgan fingerprint density at radius 2 is 2.21 bits per heavy atom. The van der Waals surface area contributed by atoms with Crippen molar-refractivity contribution >= 4 is 23.4 Å². The molecular formula is C12H10N4O3. The lowest BCUT2D eigenvalue weighted by molar-refractivity contribution is -0.115. The van der Waals surface area contributed by atoms with Gasteiger partial charge in [0.1, 0.15) is 0 Å². The number of benzene rings is 1. The van der Waals surface area contributed by atoms with E-state index in [0.717, 1.165) is 11.3 Å². The number of nitrogens with two attached hydrogens (primary N) is 1. The number of carbonyl (C=O) groups excluding carboxylic acids is 1. The van der Waals surface area contributed by atoms with Crippen LogP contribution in [0.25, 0.3) is 11.1 Å². The normalized spacial score (nSPS) is 13.2. The Morgan fingerprint density at radius 3 is 2.95 bits per heavy atom. The maximum Gasteiger partial charge on any atom is 0.354 e. The van der Waals surface area contributed by atoms with Crippen molar-refractivity contribution in [1.29, 1.82) is 0 Å². The third-order valence-corrected chi connectivity index (χ3v) is 3.03.